The number of amides is 2. The number of rotatable bonds is 4. The highest BCUT2D eigenvalue weighted by molar-refractivity contribution is 6.04. The lowest BCUT2D eigenvalue weighted by molar-refractivity contribution is -0.384. The van der Waals surface area contributed by atoms with Crippen LogP contribution < -0.4 is 10.2 Å². The van der Waals surface area contributed by atoms with Crippen LogP contribution in [-0.4, -0.2) is 23.3 Å². The van der Waals surface area contributed by atoms with Crippen LogP contribution in [0.25, 0.3) is 0 Å². The molecule has 0 bridgehead atoms. The van der Waals surface area contributed by atoms with Crippen LogP contribution >= 0.6 is 0 Å². The van der Waals surface area contributed by atoms with Gasteiger partial charge in [0.15, 0.2) is 0 Å². The zero-order valence-corrected chi connectivity index (χ0v) is 14.6. The normalized spacial score (nSPS) is 13.3. The van der Waals surface area contributed by atoms with Crippen LogP contribution in [0.5, 0.6) is 0 Å². The second kappa shape index (κ2) is 6.95. The number of fused-ring (bicyclic) bond motifs is 1. The Morgan fingerprint density at radius 2 is 1.96 bits per heavy atom. The molecule has 3 rings (SSSR count). The van der Waals surface area contributed by atoms with E-state index < -0.39 is 4.92 Å². The number of aryl methyl sites for hydroxylation is 3. The maximum Gasteiger partial charge on any atom is 0.269 e. The predicted molar refractivity (Wildman–Crippen MR) is 98.3 cm³/mol. The van der Waals surface area contributed by atoms with Crippen molar-refractivity contribution in [2.45, 2.75) is 26.7 Å². The van der Waals surface area contributed by atoms with E-state index in [9.17, 15) is 19.7 Å². The van der Waals surface area contributed by atoms with E-state index >= 15 is 0 Å². The molecule has 26 heavy (non-hydrogen) atoms. The van der Waals surface area contributed by atoms with Gasteiger partial charge in [0.05, 0.1) is 4.92 Å². The summed E-state index contributed by atoms with van der Waals surface area (Å²) in [5.74, 6) is -0.473. The van der Waals surface area contributed by atoms with Crippen LogP contribution in [0.1, 0.15) is 23.1 Å². The third kappa shape index (κ3) is 3.56. The number of nitro groups is 1. The molecule has 134 valence electrons. The Hall–Kier alpha value is -3.22. The number of hydrogen-bond acceptors (Lipinski definition) is 4. The van der Waals surface area contributed by atoms with Crippen LogP contribution in [0.2, 0.25) is 0 Å². The number of non-ortho nitro benzene ring substituents is 1. The topological polar surface area (TPSA) is 92.6 Å². The summed E-state index contributed by atoms with van der Waals surface area (Å²) >= 11 is 0. The molecule has 2 aromatic rings. The molecular weight excluding hydrogens is 334 g/mol. The van der Waals surface area contributed by atoms with E-state index in [1.54, 1.807) is 0 Å². The monoisotopic (exact) mass is 353 g/mol. The van der Waals surface area contributed by atoms with E-state index in [1.807, 2.05) is 32.0 Å². The molecule has 0 spiro atoms. The van der Waals surface area contributed by atoms with E-state index in [4.69, 9.17) is 0 Å². The molecule has 0 unspecified atom stereocenters. The summed E-state index contributed by atoms with van der Waals surface area (Å²) in [4.78, 5) is 36.6. The predicted octanol–water partition coefficient (Wildman–Crippen LogP) is 3.13. The van der Waals surface area contributed by atoms with Crippen molar-refractivity contribution in [1.82, 2.24) is 0 Å². The fraction of sp³-hybridized carbons (Fsp3) is 0.263. The summed E-state index contributed by atoms with van der Waals surface area (Å²) in [6.45, 7) is 3.75. The number of nitrogens with zero attached hydrogens (tertiary/aromatic N) is 2. The molecule has 0 aliphatic carbocycles. The first-order valence-corrected chi connectivity index (χ1v) is 8.30. The van der Waals surface area contributed by atoms with Crippen molar-refractivity contribution in [3.63, 3.8) is 0 Å². The van der Waals surface area contributed by atoms with E-state index in [0.717, 1.165) is 11.1 Å². The van der Waals surface area contributed by atoms with Crippen molar-refractivity contribution in [1.29, 1.82) is 0 Å². The van der Waals surface area contributed by atoms with Gasteiger partial charge in [-0.3, -0.25) is 19.7 Å². The summed E-state index contributed by atoms with van der Waals surface area (Å²) in [5.41, 5.74) is 3.99. The second-order valence-corrected chi connectivity index (χ2v) is 6.42. The van der Waals surface area contributed by atoms with Gasteiger partial charge in [0.1, 0.15) is 6.54 Å². The quantitative estimate of drug-likeness (QED) is 0.675. The maximum absolute atomic E-state index is 12.4. The summed E-state index contributed by atoms with van der Waals surface area (Å²) in [6, 6.07) is 10.1. The lowest BCUT2D eigenvalue weighted by Crippen LogP contribution is -2.41. The fourth-order valence-corrected chi connectivity index (χ4v) is 3.12. The standard InChI is InChI=1S/C19H19N3O4/c1-12-3-6-16(13(2)9-12)20-18(23)11-21-17-7-5-15(22(25)26)10-14(17)4-8-19(21)24/h3,5-7,9-10H,4,8,11H2,1-2H3,(H,20,23). The Morgan fingerprint density at radius 3 is 2.65 bits per heavy atom. The fourth-order valence-electron chi connectivity index (χ4n) is 3.12. The van der Waals surface area contributed by atoms with Crippen molar-refractivity contribution in [2.75, 3.05) is 16.8 Å². The van der Waals surface area contributed by atoms with Gasteiger partial charge in [0, 0.05) is 29.9 Å². The molecule has 0 saturated heterocycles. The van der Waals surface area contributed by atoms with Gasteiger partial charge in [-0.2, -0.15) is 0 Å². The first kappa shape index (κ1) is 17.6. The largest absolute Gasteiger partial charge is 0.324 e. The molecule has 1 N–H and O–H groups in total. The summed E-state index contributed by atoms with van der Waals surface area (Å²) in [7, 11) is 0. The van der Waals surface area contributed by atoms with Crippen molar-refractivity contribution in [2.24, 2.45) is 0 Å². The SMILES string of the molecule is Cc1ccc(NC(=O)CN2C(=O)CCc3cc([N+](=O)[O-])ccc32)c(C)c1. The molecule has 1 aliphatic rings. The van der Waals surface area contributed by atoms with Gasteiger partial charge in [0.25, 0.3) is 5.69 Å². The Kier molecular flexibility index (Phi) is 4.71. The van der Waals surface area contributed by atoms with Gasteiger partial charge >= 0.3 is 0 Å². The number of anilines is 2. The molecule has 1 aliphatic heterocycles. The third-order valence-corrected chi connectivity index (χ3v) is 4.43. The Balaban J connectivity index is 1.80. The molecule has 0 saturated carbocycles. The highest BCUT2D eigenvalue weighted by Gasteiger charge is 2.27. The lowest BCUT2D eigenvalue weighted by atomic mass is 10.0. The smallest absolute Gasteiger partial charge is 0.269 e. The number of nitro benzene ring substituents is 1. The average Bonchev–Trinajstić information content (AvgIpc) is 2.59. The zero-order chi connectivity index (χ0) is 18.8. The van der Waals surface area contributed by atoms with Gasteiger partial charge in [-0.25, -0.2) is 0 Å². The van der Waals surface area contributed by atoms with Gasteiger partial charge in [-0.15, -0.1) is 0 Å². The lowest BCUT2D eigenvalue weighted by Gasteiger charge is -2.28. The highest BCUT2D eigenvalue weighted by atomic mass is 16.6. The zero-order valence-electron chi connectivity index (χ0n) is 14.6. The van der Waals surface area contributed by atoms with E-state index in [2.05, 4.69) is 5.32 Å². The summed E-state index contributed by atoms with van der Waals surface area (Å²) < 4.78 is 0. The number of nitrogens with one attached hydrogen (secondary N) is 1. The maximum atomic E-state index is 12.4. The molecule has 1 heterocycles. The van der Waals surface area contributed by atoms with E-state index in [1.165, 1.54) is 23.1 Å². The minimum Gasteiger partial charge on any atom is -0.324 e. The minimum atomic E-state index is -0.464. The van der Waals surface area contributed by atoms with Crippen LogP contribution in [0.3, 0.4) is 0 Å². The Morgan fingerprint density at radius 1 is 1.19 bits per heavy atom. The molecule has 7 nitrogen and oxygen atoms in total. The van der Waals surface area contributed by atoms with Crippen LogP contribution in [0, 0.1) is 24.0 Å². The van der Waals surface area contributed by atoms with Crippen molar-refractivity contribution in [3.8, 4) is 0 Å². The Labute approximate surface area is 150 Å². The molecule has 0 atom stereocenters. The number of hydrogen-bond donors (Lipinski definition) is 1. The molecule has 7 heteroatoms. The second-order valence-electron chi connectivity index (χ2n) is 6.42. The molecule has 0 aromatic heterocycles. The van der Waals surface area contributed by atoms with Gasteiger partial charge < -0.3 is 10.2 Å². The molecular formula is C19H19N3O4. The first-order chi connectivity index (χ1) is 12.3. The first-order valence-electron chi connectivity index (χ1n) is 8.30. The van der Waals surface area contributed by atoms with Crippen LogP contribution in [0.15, 0.2) is 36.4 Å². The van der Waals surface area contributed by atoms with Crippen molar-refractivity contribution < 1.29 is 14.5 Å². The summed E-state index contributed by atoms with van der Waals surface area (Å²) in [5, 5.41) is 13.8. The third-order valence-electron chi connectivity index (χ3n) is 4.43. The van der Waals surface area contributed by atoms with E-state index in [0.29, 0.717) is 23.4 Å². The number of carbonyl (C=O) groups is 2. The Bertz CT molecular complexity index is 908. The van der Waals surface area contributed by atoms with Crippen LogP contribution in [0.4, 0.5) is 17.1 Å². The average molecular weight is 353 g/mol. The van der Waals surface area contributed by atoms with Gasteiger partial charge in [-0.1, -0.05) is 17.7 Å². The number of benzene rings is 2. The van der Waals surface area contributed by atoms with Crippen LogP contribution in [-0.2, 0) is 16.0 Å². The molecule has 2 amide bonds. The number of carbonyl (C=O) groups excluding carboxylic acids is 2. The molecule has 2 aromatic carbocycles. The highest BCUT2D eigenvalue weighted by Crippen LogP contribution is 2.31. The van der Waals surface area contributed by atoms with Gasteiger partial charge in [-0.05, 0) is 43.5 Å². The summed E-state index contributed by atoms with van der Waals surface area (Å²) in [6.07, 6.45) is 0.663. The van der Waals surface area contributed by atoms with Crippen molar-refractivity contribution >= 4 is 28.9 Å². The van der Waals surface area contributed by atoms with Crippen molar-refractivity contribution in [3.05, 3.63) is 63.2 Å². The minimum absolute atomic E-state index is 0.0159. The molecule has 0 radical (unpaired) electrons. The van der Waals surface area contributed by atoms with Gasteiger partial charge in [0.2, 0.25) is 11.8 Å². The van der Waals surface area contributed by atoms with E-state index in [-0.39, 0.29) is 30.5 Å². The molecule has 0 fully saturated rings.